The van der Waals surface area contributed by atoms with Crippen LogP contribution in [-0.2, 0) is 16.6 Å². The predicted octanol–water partition coefficient (Wildman–Crippen LogP) is 2.39. The van der Waals surface area contributed by atoms with Crippen LogP contribution in [0.2, 0.25) is 0 Å². The summed E-state index contributed by atoms with van der Waals surface area (Å²) in [6, 6.07) is 6.22. The van der Waals surface area contributed by atoms with E-state index in [0.717, 1.165) is 10.7 Å². The summed E-state index contributed by atoms with van der Waals surface area (Å²) in [5, 5.41) is 6.35. The third-order valence-corrected chi connectivity index (χ3v) is 5.31. The van der Waals surface area contributed by atoms with Crippen LogP contribution in [0.25, 0.3) is 0 Å². The van der Waals surface area contributed by atoms with Gasteiger partial charge in [0.25, 0.3) is 0 Å². The summed E-state index contributed by atoms with van der Waals surface area (Å²) in [4.78, 5) is 29.3. The zero-order valence-corrected chi connectivity index (χ0v) is 16.7. The monoisotopic (exact) mass is 402 g/mol. The maximum Gasteiger partial charge on any atom is 0.338 e. The number of ether oxygens (including phenoxy) is 2. The van der Waals surface area contributed by atoms with Crippen LogP contribution in [0.4, 0.5) is 4.79 Å². The number of urea groups is 1. The van der Waals surface area contributed by atoms with Gasteiger partial charge in [-0.05, 0) is 24.6 Å². The second-order valence-electron chi connectivity index (χ2n) is 6.03. The number of aryl methyl sites for hydroxylation is 1. The van der Waals surface area contributed by atoms with Crippen molar-refractivity contribution in [1.29, 1.82) is 0 Å². The first kappa shape index (κ1) is 19.8. The second kappa shape index (κ2) is 8.83. The molecule has 1 aromatic carbocycles. The molecular formula is C19H22N4O4S. The van der Waals surface area contributed by atoms with E-state index < -0.39 is 12.0 Å². The summed E-state index contributed by atoms with van der Waals surface area (Å²) in [6.45, 7) is 1.99. The molecule has 8 nitrogen and oxygen atoms in total. The number of aromatic nitrogens is 2. The van der Waals surface area contributed by atoms with Crippen molar-refractivity contribution in [2.75, 3.05) is 19.5 Å². The van der Waals surface area contributed by atoms with Gasteiger partial charge in [-0.25, -0.2) is 14.6 Å². The molecule has 0 saturated carbocycles. The van der Waals surface area contributed by atoms with Crippen LogP contribution in [0.15, 0.2) is 53.1 Å². The summed E-state index contributed by atoms with van der Waals surface area (Å²) in [6.07, 6.45) is 3.54. The minimum atomic E-state index is -0.615. The zero-order valence-electron chi connectivity index (χ0n) is 15.9. The summed E-state index contributed by atoms with van der Waals surface area (Å²) in [7, 11) is 3.47. The number of hydrogen-bond donors (Lipinski definition) is 2. The van der Waals surface area contributed by atoms with E-state index >= 15 is 0 Å². The Morgan fingerprint density at radius 3 is 2.68 bits per heavy atom. The first-order valence-electron chi connectivity index (χ1n) is 8.75. The molecule has 0 saturated heterocycles. The molecule has 1 aliphatic heterocycles. The highest BCUT2D eigenvalue weighted by molar-refractivity contribution is 7.99. The molecule has 0 unspecified atom stereocenters. The van der Waals surface area contributed by atoms with Crippen LogP contribution in [0.3, 0.4) is 0 Å². The molecule has 0 fully saturated rings. The summed E-state index contributed by atoms with van der Waals surface area (Å²) in [5.41, 5.74) is 1.66. The van der Waals surface area contributed by atoms with Crippen molar-refractivity contribution in [3.8, 4) is 5.75 Å². The van der Waals surface area contributed by atoms with Crippen LogP contribution in [0.1, 0.15) is 18.5 Å². The number of rotatable bonds is 7. The third kappa shape index (κ3) is 4.30. The lowest BCUT2D eigenvalue weighted by Gasteiger charge is -2.29. The van der Waals surface area contributed by atoms with Crippen LogP contribution in [0.5, 0.6) is 5.75 Å². The number of benzene rings is 1. The molecule has 0 radical (unpaired) electrons. The zero-order chi connectivity index (χ0) is 20.1. The van der Waals surface area contributed by atoms with Crippen molar-refractivity contribution in [3.05, 3.63) is 53.5 Å². The maximum absolute atomic E-state index is 12.7. The fraction of sp³-hybridized carbons (Fsp3) is 0.316. The number of methoxy groups -OCH3 is 1. The van der Waals surface area contributed by atoms with Crippen LogP contribution < -0.4 is 15.4 Å². The van der Waals surface area contributed by atoms with Crippen molar-refractivity contribution in [1.82, 2.24) is 20.2 Å². The average Bonchev–Trinajstić information content (AvgIpc) is 3.11. The van der Waals surface area contributed by atoms with Crippen molar-refractivity contribution in [2.45, 2.75) is 18.1 Å². The fourth-order valence-corrected chi connectivity index (χ4v) is 3.76. The second-order valence-corrected chi connectivity index (χ2v) is 6.97. The molecular weight excluding hydrogens is 380 g/mol. The van der Waals surface area contributed by atoms with Gasteiger partial charge in [0.2, 0.25) is 0 Å². The van der Waals surface area contributed by atoms with Gasteiger partial charge in [-0.15, -0.1) is 0 Å². The number of hydrogen-bond acceptors (Lipinski definition) is 6. The van der Waals surface area contributed by atoms with Crippen molar-refractivity contribution in [3.63, 3.8) is 0 Å². The molecule has 1 aromatic heterocycles. The van der Waals surface area contributed by atoms with E-state index in [0.29, 0.717) is 22.8 Å². The Morgan fingerprint density at radius 1 is 1.32 bits per heavy atom. The van der Waals surface area contributed by atoms with Gasteiger partial charge in [-0.3, -0.25) is 0 Å². The SMILES string of the molecule is CCOC(=O)C1=C(CSc2nccn2C)NC(=O)N[C@H]1c1ccc(OC)cc1. The molecule has 9 heteroatoms. The molecule has 2 N–H and O–H groups in total. The standard InChI is InChI=1S/C19H22N4O4S/c1-4-27-17(24)15-14(11-28-19-20-9-10-23(19)2)21-18(25)22-16(15)12-5-7-13(26-3)8-6-12/h5-10,16H,4,11H2,1-3H3,(H2,21,22,25)/t16-/m0/s1. The van der Waals surface area contributed by atoms with E-state index in [2.05, 4.69) is 15.6 Å². The van der Waals surface area contributed by atoms with E-state index in [1.54, 1.807) is 32.4 Å². The van der Waals surface area contributed by atoms with Crippen LogP contribution in [-0.4, -0.2) is 41.0 Å². The highest BCUT2D eigenvalue weighted by atomic mass is 32.2. The largest absolute Gasteiger partial charge is 0.497 e. The first-order chi connectivity index (χ1) is 13.5. The number of carbonyl (C=O) groups excluding carboxylic acids is 2. The van der Waals surface area contributed by atoms with Gasteiger partial charge >= 0.3 is 12.0 Å². The Morgan fingerprint density at radius 2 is 2.07 bits per heavy atom. The molecule has 2 amide bonds. The lowest BCUT2D eigenvalue weighted by Crippen LogP contribution is -2.46. The quantitative estimate of drug-likeness (QED) is 0.546. The Hall–Kier alpha value is -2.94. The minimum absolute atomic E-state index is 0.241. The molecule has 1 atom stereocenters. The Balaban J connectivity index is 1.96. The van der Waals surface area contributed by atoms with Gasteiger partial charge in [0.15, 0.2) is 5.16 Å². The summed E-state index contributed by atoms with van der Waals surface area (Å²) >= 11 is 1.43. The van der Waals surface area contributed by atoms with Crippen LogP contribution in [0, 0.1) is 0 Å². The summed E-state index contributed by atoms with van der Waals surface area (Å²) < 4.78 is 12.3. The molecule has 3 rings (SSSR count). The topological polar surface area (TPSA) is 94.5 Å². The molecule has 1 aliphatic rings. The van der Waals surface area contributed by atoms with Gasteiger partial charge in [-0.2, -0.15) is 0 Å². The smallest absolute Gasteiger partial charge is 0.338 e. The number of nitrogens with zero attached hydrogens (tertiary/aromatic N) is 2. The Bertz CT molecular complexity index is 892. The van der Waals surface area contributed by atoms with Gasteiger partial charge in [-0.1, -0.05) is 23.9 Å². The molecule has 0 aliphatic carbocycles. The van der Waals surface area contributed by atoms with Crippen molar-refractivity contribution < 1.29 is 19.1 Å². The van der Waals surface area contributed by atoms with Gasteiger partial charge in [0.1, 0.15) is 5.75 Å². The maximum atomic E-state index is 12.7. The first-order valence-corrected chi connectivity index (χ1v) is 9.73. The van der Waals surface area contributed by atoms with Gasteiger partial charge < -0.3 is 24.7 Å². The number of nitrogens with one attached hydrogen (secondary N) is 2. The fourth-order valence-electron chi connectivity index (χ4n) is 2.86. The average molecular weight is 402 g/mol. The lowest BCUT2D eigenvalue weighted by molar-refractivity contribution is -0.139. The van der Waals surface area contributed by atoms with Gasteiger partial charge in [0.05, 0.1) is 25.3 Å². The number of esters is 1. The van der Waals surface area contributed by atoms with E-state index in [9.17, 15) is 9.59 Å². The third-order valence-electron chi connectivity index (χ3n) is 4.22. The predicted molar refractivity (Wildman–Crippen MR) is 105 cm³/mol. The molecule has 0 spiro atoms. The number of amides is 2. The normalized spacial score (nSPS) is 16.4. The van der Waals surface area contributed by atoms with E-state index in [1.165, 1.54) is 11.8 Å². The van der Waals surface area contributed by atoms with E-state index in [1.807, 2.05) is 29.9 Å². The Kier molecular flexibility index (Phi) is 6.25. The van der Waals surface area contributed by atoms with Crippen LogP contribution >= 0.6 is 11.8 Å². The molecule has 28 heavy (non-hydrogen) atoms. The van der Waals surface area contributed by atoms with Crippen molar-refractivity contribution in [2.24, 2.45) is 7.05 Å². The van der Waals surface area contributed by atoms with Gasteiger partial charge in [0, 0.05) is 30.9 Å². The number of thioether (sulfide) groups is 1. The number of imidazole rings is 1. The molecule has 148 valence electrons. The summed E-state index contributed by atoms with van der Waals surface area (Å²) in [5.74, 6) is 0.599. The molecule has 2 aromatic rings. The lowest BCUT2D eigenvalue weighted by atomic mass is 9.95. The highest BCUT2D eigenvalue weighted by Gasteiger charge is 2.33. The molecule has 2 heterocycles. The van der Waals surface area contributed by atoms with E-state index in [4.69, 9.17) is 9.47 Å². The highest BCUT2D eigenvalue weighted by Crippen LogP contribution is 2.31. The Labute approximate surface area is 167 Å². The van der Waals surface area contributed by atoms with Crippen molar-refractivity contribution >= 4 is 23.8 Å². The van der Waals surface area contributed by atoms with E-state index in [-0.39, 0.29) is 12.6 Å². The number of carbonyl (C=O) groups is 2. The minimum Gasteiger partial charge on any atom is -0.497 e. The molecule has 0 bridgehead atoms.